The monoisotopic (exact) mass is 447 g/mol. The predicted molar refractivity (Wildman–Crippen MR) is 105 cm³/mol. The van der Waals surface area contributed by atoms with Gasteiger partial charge in [0, 0.05) is 24.2 Å². The summed E-state index contributed by atoms with van der Waals surface area (Å²) in [7, 11) is 0. The molecule has 1 aliphatic carbocycles. The van der Waals surface area contributed by atoms with E-state index in [1.54, 1.807) is 6.08 Å². The number of phenolic OH excluding ortho intramolecular Hbond substituents is 1. The number of benzene rings is 2. The molecule has 6 nitrogen and oxygen atoms in total. The maximum absolute atomic E-state index is 14.4. The van der Waals surface area contributed by atoms with Gasteiger partial charge in [0.25, 0.3) is 0 Å². The van der Waals surface area contributed by atoms with E-state index in [1.807, 2.05) is 0 Å². The van der Waals surface area contributed by atoms with Crippen molar-refractivity contribution in [1.29, 1.82) is 0 Å². The van der Waals surface area contributed by atoms with Gasteiger partial charge in [-0.15, -0.1) is 0 Å². The minimum Gasteiger partial charge on any atom is -0.508 e. The zero-order valence-corrected chi connectivity index (χ0v) is 16.5. The van der Waals surface area contributed by atoms with Crippen LogP contribution in [-0.2, 0) is 11.3 Å². The Kier molecular flexibility index (Phi) is 4.61. The topological polar surface area (TPSA) is 72.9 Å². The first-order valence-electron chi connectivity index (χ1n) is 9.95. The number of nitrogens with one attached hydrogen (secondary N) is 1. The van der Waals surface area contributed by atoms with Crippen molar-refractivity contribution in [1.82, 2.24) is 9.80 Å². The van der Waals surface area contributed by atoms with Crippen molar-refractivity contribution in [2.45, 2.75) is 19.0 Å². The number of aromatic hydroxyl groups is 1. The summed E-state index contributed by atoms with van der Waals surface area (Å²) in [5, 5.41) is 11.8. The number of likely N-dealkylation sites (tertiary alicyclic amines) is 1. The van der Waals surface area contributed by atoms with Crippen LogP contribution in [0.4, 0.5) is 28.0 Å². The number of amides is 3. The summed E-state index contributed by atoms with van der Waals surface area (Å²) in [4.78, 5) is 27.9. The molecule has 10 heteroatoms. The summed E-state index contributed by atoms with van der Waals surface area (Å²) in [5.74, 6) is -5.14. The van der Waals surface area contributed by atoms with Crippen molar-refractivity contribution in [3.63, 3.8) is 0 Å². The molecule has 2 aromatic rings. The first kappa shape index (κ1) is 20.3. The number of hydrogen-bond donors (Lipinski definition) is 2. The van der Waals surface area contributed by atoms with Gasteiger partial charge in [0.2, 0.25) is 5.91 Å². The van der Waals surface area contributed by atoms with Gasteiger partial charge in [0.1, 0.15) is 23.9 Å². The fraction of sp³-hybridized carbons (Fsp3) is 0.273. The average molecular weight is 447 g/mol. The largest absolute Gasteiger partial charge is 0.508 e. The van der Waals surface area contributed by atoms with Gasteiger partial charge < -0.3 is 20.2 Å². The highest BCUT2D eigenvalue weighted by atomic mass is 19.2. The standard InChI is InChI=1S/C22H17F4N3O3/c23-14-1-2-17-13(21(14)26)8-28(22(32)27-17)9-19(31)29-7-10-3-12(18(29)4-10)20-15(24)5-11(30)6-16(20)25/h1-3,5-6,10,18,30H,4,7-9H2,(H,27,32)/t10-,18-/m0/s1. The highest BCUT2D eigenvalue weighted by molar-refractivity contribution is 5.95. The molecule has 32 heavy (non-hydrogen) atoms. The van der Waals surface area contributed by atoms with Crippen LogP contribution >= 0.6 is 0 Å². The molecule has 2 atom stereocenters. The maximum atomic E-state index is 14.4. The molecule has 2 N–H and O–H groups in total. The van der Waals surface area contributed by atoms with E-state index in [-0.39, 0.29) is 29.3 Å². The van der Waals surface area contributed by atoms with E-state index in [1.165, 1.54) is 11.0 Å². The van der Waals surface area contributed by atoms with Gasteiger partial charge in [0.15, 0.2) is 11.6 Å². The molecule has 166 valence electrons. The number of urea groups is 1. The number of halogens is 4. The van der Waals surface area contributed by atoms with E-state index < -0.39 is 53.5 Å². The van der Waals surface area contributed by atoms with E-state index in [2.05, 4.69) is 5.32 Å². The second-order valence-corrected chi connectivity index (χ2v) is 8.14. The number of nitrogens with zero attached hydrogens (tertiary/aromatic N) is 2. The summed E-state index contributed by atoms with van der Waals surface area (Å²) in [6, 6.07) is 2.55. The van der Waals surface area contributed by atoms with Gasteiger partial charge >= 0.3 is 6.03 Å². The van der Waals surface area contributed by atoms with Crippen LogP contribution in [0.15, 0.2) is 30.3 Å². The molecule has 5 rings (SSSR count). The average Bonchev–Trinajstić information content (AvgIpc) is 3.32. The Balaban J connectivity index is 1.36. The molecule has 1 fully saturated rings. The normalized spacial score (nSPS) is 21.5. The summed E-state index contributed by atoms with van der Waals surface area (Å²) < 4.78 is 56.5. The first-order valence-corrected chi connectivity index (χ1v) is 9.95. The van der Waals surface area contributed by atoms with Crippen LogP contribution in [-0.4, -0.2) is 46.0 Å². The molecule has 3 amide bonds. The van der Waals surface area contributed by atoms with Gasteiger partial charge in [-0.1, -0.05) is 6.08 Å². The fourth-order valence-corrected chi connectivity index (χ4v) is 4.71. The first-order chi connectivity index (χ1) is 15.2. The number of anilines is 1. The number of hydrogen-bond acceptors (Lipinski definition) is 3. The van der Waals surface area contributed by atoms with Crippen LogP contribution in [0.3, 0.4) is 0 Å². The highest BCUT2D eigenvalue weighted by Crippen LogP contribution is 2.43. The van der Waals surface area contributed by atoms with Gasteiger partial charge in [-0.25, -0.2) is 22.4 Å². The lowest BCUT2D eigenvalue weighted by Crippen LogP contribution is -2.48. The Hall–Kier alpha value is -3.56. The van der Waals surface area contributed by atoms with Crippen molar-refractivity contribution < 1.29 is 32.3 Å². The van der Waals surface area contributed by atoms with E-state index in [4.69, 9.17) is 0 Å². The van der Waals surface area contributed by atoms with Crippen LogP contribution in [0.2, 0.25) is 0 Å². The molecule has 3 aliphatic rings. The molecule has 2 aliphatic heterocycles. The third kappa shape index (κ3) is 3.17. The second-order valence-electron chi connectivity index (χ2n) is 8.14. The van der Waals surface area contributed by atoms with Crippen molar-refractivity contribution in [2.24, 2.45) is 5.92 Å². The molecule has 2 aromatic carbocycles. The van der Waals surface area contributed by atoms with Gasteiger partial charge in [-0.3, -0.25) is 4.79 Å². The lowest BCUT2D eigenvalue weighted by atomic mass is 9.98. The summed E-state index contributed by atoms with van der Waals surface area (Å²) in [6.45, 7) is -0.371. The Labute approximate surface area is 179 Å². The molecule has 2 heterocycles. The summed E-state index contributed by atoms with van der Waals surface area (Å²) in [6.07, 6.45) is 2.20. The molecule has 0 aromatic heterocycles. The van der Waals surface area contributed by atoms with E-state index >= 15 is 0 Å². The number of carbonyl (C=O) groups is 2. The summed E-state index contributed by atoms with van der Waals surface area (Å²) >= 11 is 0. The number of rotatable bonds is 3. The number of fused-ring (bicyclic) bond motifs is 3. The van der Waals surface area contributed by atoms with Crippen molar-refractivity contribution in [3.8, 4) is 5.75 Å². The maximum Gasteiger partial charge on any atom is 0.322 e. The molecule has 2 bridgehead atoms. The van der Waals surface area contributed by atoms with Gasteiger partial charge in [-0.05, 0) is 30.0 Å². The lowest BCUT2D eigenvalue weighted by Gasteiger charge is -2.33. The van der Waals surface area contributed by atoms with Crippen LogP contribution in [0.1, 0.15) is 17.5 Å². The molecule has 0 unspecified atom stereocenters. The third-order valence-electron chi connectivity index (χ3n) is 6.14. The van der Waals surface area contributed by atoms with Crippen LogP contribution < -0.4 is 5.32 Å². The van der Waals surface area contributed by atoms with E-state index in [0.29, 0.717) is 18.5 Å². The molecule has 0 radical (unpaired) electrons. The SMILES string of the molecule is O=C1Nc2ccc(F)c(F)c2CN1CC(=O)N1C[C@H]2C=C(c3c(F)cc(O)cc3F)[C@@H]1C2. The Morgan fingerprint density at radius 1 is 1.12 bits per heavy atom. The van der Waals surface area contributed by atoms with Crippen LogP contribution in [0.25, 0.3) is 5.57 Å². The van der Waals surface area contributed by atoms with Crippen LogP contribution in [0.5, 0.6) is 5.75 Å². The minimum absolute atomic E-state index is 0.0610. The summed E-state index contributed by atoms with van der Waals surface area (Å²) in [5.41, 5.74) is 0.0941. The highest BCUT2D eigenvalue weighted by Gasteiger charge is 2.44. The molecular formula is C22H17F4N3O3. The second kappa shape index (κ2) is 7.25. The van der Waals surface area contributed by atoms with E-state index in [0.717, 1.165) is 23.1 Å². The number of carbonyl (C=O) groups excluding carboxylic acids is 2. The van der Waals surface area contributed by atoms with E-state index in [9.17, 15) is 32.3 Å². The minimum atomic E-state index is -1.09. The third-order valence-corrected chi connectivity index (χ3v) is 6.14. The van der Waals surface area contributed by atoms with Crippen molar-refractivity contribution in [2.75, 3.05) is 18.4 Å². The Morgan fingerprint density at radius 3 is 2.53 bits per heavy atom. The molecule has 1 saturated heterocycles. The zero-order valence-electron chi connectivity index (χ0n) is 16.5. The quantitative estimate of drug-likeness (QED) is 0.707. The predicted octanol–water partition coefficient (Wildman–Crippen LogP) is 3.61. The Morgan fingerprint density at radius 2 is 1.84 bits per heavy atom. The van der Waals surface area contributed by atoms with Gasteiger partial charge in [0.05, 0.1) is 23.8 Å². The zero-order chi connectivity index (χ0) is 22.7. The smallest absolute Gasteiger partial charge is 0.322 e. The fourth-order valence-electron chi connectivity index (χ4n) is 4.71. The molecular weight excluding hydrogens is 430 g/mol. The molecule has 0 saturated carbocycles. The lowest BCUT2D eigenvalue weighted by molar-refractivity contribution is -0.132. The van der Waals surface area contributed by atoms with Crippen LogP contribution in [0, 0.1) is 29.2 Å². The Bertz CT molecular complexity index is 1180. The van der Waals surface area contributed by atoms with Crippen molar-refractivity contribution in [3.05, 3.63) is 64.7 Å². The molecule has 0 spiro atoms. The van der Waals surface area contributed by atoms with Gasteiger partial charge in [-0.2, -0.15) is 0 Å². The number of phenols is 1. The van der Waals surface area contributed by atoms with Crippen molar-refractivity contribution >= 4 is 23.2 Å².